The minimum atomic E-state index is -4.98. The molecule has 1 fully saturated rings. The molecule has 1 aliphatic rings. The fraction of sp³-hybridized carbons (Fsp3) is 0.304. The summed E-state index contributed by atoms with van der Waals surface area (Å²) < 4.78 is 68.3. The summed E-state index contributed by atoms with van der Waals surface area (Å²) in [6, 6.07) is 7.31. The highest BCUT2D eigenvalue weighted by atomic mass is 35.5. The molecule has 0 bridgehead atoms. The van der Waals surface area contributed by atoms with Crippen molar-refractivity contribution < 1.29 is 31.9 Å². The standard InChI is InChI=1S/C23H18ClF5N8O3/c24-13-5-3-12(4-6-13)18-34-36(21(40)35(18)9-16(38)23(27,28)29)10-17-31-11-37(33-17)19-14(2-1-7-30-19)20(39)32-15-8-22(15,25)26/h1-7,11,15-16,38H,8-10H2,(H,32,39). The minimum absolute atomic E-state index is 0.0310. The molecule has 0 saturated heterocycles. The van der Waals surface area contributed by atoms with Crippen LogP contribution >= 0.6 is 11.6 Å². The van der Waals surface area contributed by atoms with Crippen molar-refractivity contribution in [1.29, 1.82) is 0 Å². The Kier molecular flexibility index (Phi) is 6.91. The average Bonchev–Trinajstić information content (AvgIpc) is 3.19. The van der Waals surface area contributed by atoms with Crippen LogP contribution in [0, 0.1) is 0 Å². The summed E-state index contributed by atoms with van der Waals surface area (Å²) in [5.74, 6) is -4.00. The van der Waals surface area contributed by atoms with Gasteiger partial charge < -0.3 is 10.4 Å². The molecule has 3 heterocycles. The van der Waals surface area contributed by atoms with Gasteiger partial charge in [-0.05, 0) is 36.4 Å². The molecule has 2 N–H and O–H groups in total. The second-order valence-electron chi connectivity index (χ2n) is 8.91. The van der Waals surface area contributed by atoms with E-state index in [1.807, 2.05) is 0 Å². The lowest BCUT2D eigenvalue weighted by Crippen LogP contribution is -2.37. The lowest BCUT2D eigenvalue weighted by Gasteiger charge is -2.15. The Bertz CT molecular complexity index is 1620. The molecule has 1 amide bonds. The number of amides is 1. The van der Waals surface area contributed by atoms with E-state index in [0.717, 1.165) is 15.7 Å². The number of carbonyl (C=O) groups is 1. The summed E-state index contributed by atoms with van der Waals surface area (Å²) in [5, 5.41) is 20.5. The van der Waals surface area contributed by atoms with Crippen LogP contribution in [-0.2, 0) is 13.1 Å². The van der Waals surface area contributed by atoms with Gasteiger partial charge in [0, 0.05) is 23.2 Å². The topological polar surface area (TPSA) is 133 Å². The first-order chi connectivity index (χ1) is 18.8. The Morgan fingerprint density at radius 1 is 1.18 bits per heavy atom. The van der Waals surface area contributed by atoms with Crippen molar-refractivity contribution in [1.82, 2.24) is 39.4 Å². The van der Waals surface area contributed by atoms with Crippen LogP contribution < -0.4 is 11.0 Å². The van der Waals surface area contributed by atoms with Gasteiger partial charge in [0.1, 0.15) is 12.9 Å². The monoisotopic (exact) mass is 584 g/mol. The van der Waals surface area contributed by atoms with Gasteiger partial charge in [-0.15, -0.1) is 10.2 Å². The molecule has 5 rings (SSSR count). The molecule has 11 nitrogen and oxygen atoms in total. The van der Waals surface area contributed by atoms with Gasteiger partial charge in [-0.1, -0.05) is 11.6 Å². The van der Waals surface area contributed by atoms with E-state index in [1.165, 1.54) is 42.6 Å². The zero-order chi connectivity index (χ0) is 28.8. The minimum Gasteiger partial charge on any atom is -0.382 e. The van der Waals surface area contributed by atoms with Crippen molar-refractivity contribution in [2.75, 3.05) is 0 Å². The lowest BCUT2D eigenvalue weighted by atomic mass is 10.2. The summed E-state index contributed by atoms with van der Waals surface area (Å²) in [6.07, 6.45) is -5.79. The van der Waals surface area contributed by atoms with Gasteiger partial charge in [0.2, 0.25) is 0 Å². The van der Waals surface area contributed by atoms with Crippen LogP contribution in [0.25, 0.3) is 17.2 Å². The predicted molar refractivity (Wildman–Crippen MR) is 128 cm³/mol. The first kappa shape index (κ1) is 27.4. The summed E-state index contributed by atoms with van der Waals surface area (Å²) in [7, 11) is 0. The zero-order valence-corrected chi connectivity index (χ0v) is 20.8. The Morgan fingerprint density at radius 3 is 2.52 bits per heavy atom. The largest absolute Gasteiger partial charge is 0.416 e. The van der Waals surface area contributed by atoms with Gasteiger partial charge in [0.05, 0.1) is 18.2 Å². The Morgan fingerprint density at radius 2 is 1.88 bits per heavy atom. The van der Waals surface area contributed by atoms with Crippen LogP contribution in [0.3, 0.4) is 0 Å². The number of aliphatic hydroxyl groups is 1. The van der Waals surface area contributed by atoms with Crippen molar-refractivity contribution in [3.05, 3.63) is 75.8 Å². The van der Waals surface area contributed by atoms with Gasteiger partial charge in [0.15, 0.2) is 23.6 Å². The van der Waals surface area contributed by atoms with Crippen molar-refractivity contribution >= 4 is 17.5 Å². The van der Waals surface area contributed by atoms with E-state index in [1.54, 1.807) is 0 Å². The number of rotatable bonds is 8. The summed E-state index contributed by atoms with van der Waals surface area (Å²) in [6.45, 7) is -1.52. The van der Waals surface area contributed by atoms with E-state index in [2.05, 4.69) is 25.5 Å². The highest BCUT2D eigenvalue weighted by Gasteiger charge is 2.58. The summed E-state index contributed by atoms with van der Waals surface area (Å²) in [5.41, 5.74) is -0.777. The molecule has 0 radical (unpaired) electrons. The van der Waals surface area contributed by atoms with Crippen molar-refractivity contribution in [2.24, 2.45) is 0 Å². The first-order valence-corrected chi connectivity index (χ1v) is 11.9. The highest BCUT2D eigenvalue weighted by molar-refractivity contribution is 6.30. The molecule has 3 aromatic heterocycles. The summed E-state index contributed by atoms with van der Waals surface area (Å²) >= 11 is 5.89. The molecule has 1 aromatic carbocycles. The summed E-state index contributed by atoms with van der Waals surface area (Å²) in [4.78, 5) is 33.7. The third-order valence-corrected chi connectivity index (χ3v) is 6.22. The Hall–Kier alpha value is -4.18. The molecule has 2 unspecified atom stereocenters. The second kappa shape index (κ2) is 10.1. The number of halogens is 6. The molecule has 1 aliphatic carbocycles. The number of benzene rings is 1. The number of alkyl halides is 5. The number of hydrogen-bond donors (Lipinski definition) is 2. The van der Waals surface area contributed by atoms with E-state index in [0.29, 0.717) is 9.59 Å². The molecule has 2 atom stereocenters. The maximum atomic E-state index is 13.3. The number of pyridine rings is 1. The molecule has 17 heteroatoms. The van der Waals surface area contributed by atoms with Crippen molar-refractivity contribution in [3.63, 3.8) is 0 Å². The maximum absolute atomic E-state index is 13.3. The lowest BCUT2D eigenvalue weighted by molar-refractivity contribution is -0.207. The molecule has 4 aromatic rings. The third-order valence-electron chi connectivity index (χ3n) is 5.97. The Labute approximate surface area is 225 Å². The van der Waals surface area contributed by atoms with Crippen molar-refractivity contribution in [2.45, 2.75) is 43.8 Å². The van der Waals surface area contributed by atoms with Gasteiger partial charge >= 0.3 is 11.9 Å². The number of aliphatic hydroxyl groups excluding tert-OH is 1. The molecule has 40 heavy (non-hydrogen) atoms. The molecular weight excluding hydrogens is 567 g/mol. The van der Waals surface area contributed by atoms with Crippen LogP contribution in [-0.4, -0.2) is 69.4 Å². The molecular formula is C23H18ClF5N8O3. The van der Waals surface area contributed by atoms with E-state index < -0.39 is 55.4 Å². The third kappa shape index (κ3) is 5.58. The average molecular weight is 585 g/mol. The molecule has 210 valence electrons. The zero-order valence-electron chi connectivity index (χ0n) is 20.1. The number of nitrogens with one attached hydrogen (secondary N) is 1. The maximum Gasteiger partial charge on any atom is 0.416 e. The quantitative estimate of drug-likeness (QED) is 0.304. The van der Waals surface area contributed by atoms with Crippen molar-refractivity contribution in [3.8, 4) is 17.2 Å². The molecule has 0 spiro atoms. The van der Waals surface area contributed by atoms with Crippen LogP contribution in [0.5, 0.6) is 0 Å². The van der Waals surface area contributed by atoms with Crippen LogP contribution in [0.2, 0.25) is 5.02 Å². The van der Waals surface area contributed by atoms with E-state index in [4.69, 9.17) is 11.6 Å². The van der Waals surface area contributed by atoms with Gasteiger partial charge in [-0.3, -0.25) is 9.36 Å². The molecule has 1 saturated carbocycles. The van der Waals surface area contributed by atoms with Gasteiger partial charge in [-0.2, -0.15) is 13.2 Å². The van der Waals surface area contributed by atoms with Crippen LogP contribution in [0.4, 0.5) is 22.0 Å². The van der Waals surface area contributed by atoms with Crippen LogP contribution in [0.1, 0.15) is 22.6 Å². The second-order valence-corrected chi connectivity index (χ2v) is 9.35. The SMILES string of the molecule is O=C(NC1CC1(F)F)c1cccnc1-n1cnc(Cn2nc(-c3ccc(Cl)cc3)n(CC(O)C(F)(F)F)c2=O)n1. The molecule has 0 aliphatic heterocycles. The van der Waals surface area contributed by atoms with Crippen LogP contribution in [0.15, 0.2) is 53.7 Å². The van der Waals surface area contributed by atoms with Gasteiger partial charge in [0.25, 0.3) is 11.8 Å². The van der Waals surface area contributed by atoms with E-state index in [9.17, 15) is 36.6 Å². The highest BCUT2D eigenvalue weighted by Crippen LogP contribution is 2.41. The number of nitrogens with zero attached hydrogens (tertiary/aromatic N) is 7. The first-order valence-electron chi connectivity index (χ1n) is 11.6. The number of aromatic nitrogens is 7. The fourth-order valence-corrected chi connectivity index (χ4v) is 3.89. The normalized spacial score (nSPS) is 17.0. The van der Waals surface area contributed by atoms with Gasteiger partial charge in [-0.25, -0.2) is 32.9 Å². The number of carbonyl (C=O) groups excluding carboxylic acids is 1. The predicted octanol–water partition coefficient (Wildman–Crippen LogP) is 2.45. The fourth-order valence-electron chi connectivity index (χ4n) is 3.77. The van der Waals surface area contributed by atoms with E-state index in [-0.39, 0.29) is 28.6 Å². The Balaban J connectivity index is 1.44. The smallest absolute Gasteiger partial charge is 0.382 e. The van der Waals surface area contributed by atoms with E-state index >= 15 is 0 Å². The number of hydrogen-bond acceptors (Lipinski definition) is 7.